The van der Waals surface area contributed by atoms with Crippen molar-refractivity contribution in [2.24, 2.45) is 0 Å². The SMILES string of the molecule is CCO[Si](OCC)(c1ccc2c(-c3cccc4ccccc34)ccccc1-2)c1ccc2c(-c3cccc4ccccc34)ccccc1-2. The standard InChI is InChI=1S/C44H36O2Si/c1-3-45-47(46-4-2,43-29-27-39-37(21-9-11-23-41(39)43)35-25-13-17-31-15-5-7-19-33(31)35)44-30-28-40-38(22-10-12-24-42(40)44)36-26-14-18-32-16-6-8-20-34(32)36/h5-30H,3-4H2,1-2H3. The van der Waals surface area contributed by atoms with E-state index in [1.54, 1.807) is 0 Å². The van der Waals surface area contributed by atoms with Gasteiger partial charge in [0.2, 0.25) is 0 Å². The average Bonchev–Trinajstić information content (AvgIpc) is 3.59. The smallest absolute Gasteiger partial charge is 0.388 e. The van der Waals surface area contributed by atoms with Crippen LogP contribution in [-0.2, 0) is 8.85 Å². The molecule has 0 aromatic heterocycles. The molecule has 0 saturated carbocycles. The Balaban J connectivity index is 1.33. The van der Waals surface area contributed by atoms with E-state index in [2.05, 4.69) is 172 Å². The fourth-order valence-electron chi connectivity index (χ4n) is 7.47. The van der Waals surface area contributed by atoms with E-state index >= 15 is 0 Å². The van der Waals surface area contributed by atoms with E-state index in [0.717, 1.165) is 10.4 Å². The third-order valence-electron chi connectivity index (χ3n) is 9.41. The first-order valence-electron chi connectivity index (χ1n) is 16.5. The highest BCUT2D eigenvalue weighted by Gasteiger charge is 2.47. The van der Waals surface area contributed by atoms with E-state index in [9.17, 15) is 0 Å². The van der Waals surface area contributed by atoms with Gasteiger partial charge in [-0.3, -0.25) is 0 Å². The lowest BCUT2D eigenvalue weighted by atomic mass is 9.95. The van der Waals surface area contributed by atoms with Gasteiger partial charge in [0.25, 0.3) is 0 Å². The predicted octanol–water partition coefficient (Wildman–Crippen LogP) is 10.2. The zero-order valence-electron chi connectivity index (χ0n) is 26.7. The minimum absolute atomic E-state index is 0.551. The van der Waals surface area contributed by atoms with Crippen molar-refractivity contribution in [1.82, 2.24) is 0 Å². The molecule has 228 valence electrons. The molecule has 0 radical (unpaired) electrons. The summed E-state index contributed by atoms with van der Waals surface area (Å²) in [5, 5.41) is 7.28. The third kappa shape index (κ3) is 4.87. The van der Waals surface area contributed by atoms with E-state index in [-0.39, 0.29) is 0 Å². The van der Waals surface area contributed by atoms with Crippen LogP contribution in [0.1, 0.15) is 13.8 Å². The normalized spacial score (nSPS) is 12.0. The molecule has 47 heavy (non-hydrogen) atoms. The van der Waals surface area contributed by atoms with Gasteiger partial charge in [-0.15, -0.1) is 0 Å². The molecule has 2 nitrogen and oxygen atoms in total. The summed E-state index contributed by atoms with van der Waals surface area (Å²) in [5.74, 6) is 0. The number of hydrogen-bond donors (Lipinski definition) is 0. The monoisotopic (exact) mass is 624 g/mol. The summed E-state index contributed by atoms with van der Waals surface area (Å²) in [6.07, 6.45) is 0. The van der Waals surface area contributed by atoms with Crippen molar-refractivity contribution in [3.8, 4) is 44.5 Å². The Bertz CT molecular complexity index is 2130. The van der Waals surface area contributed by atoms with Gasteiger partial charge in [0.05, 0.1) is 0 Å². The molecule has 0 amide bonds. The Labute approximate surface area is 277 Å². The second-order valence-electron chi connectivity index (χ2n) is 11.9. The van der Waals surface area contributed by atoms with Gasteiger partial charge in [-0.25, -0.2) is 0 Å². The maximum atomic E-state index is 6.98. The summed E-state index contributed by atoms with van der Waals surface area (Å²) < 4.78 is 14.0. The van der Waals surface area contributed by atoms with Crippen molar-refractivity contribution in [3.05, 3.63) is 158 Å². The summed E-state index contributed by atoms with van der Waals surface area (Å²) >= 11 is 0. The molecule has 0 saturated heterocycles. The van der Waals surface area contributed by atoms with E-state index in [1.807, 2.05) is 0 Å². The minimum Gasteiger partial charge on any atom is -0.388 e. The molecule has 0 unspecified atom stereocenters. The van der Waals surface area contributed by atoms with Crippen LogP contribution in [-0.4, -0.2) is 21.8 Å². The second kappa shape index (κ2) is 12.3. The van der Waals surface area contributed by atoms with E-state index in [4.69, 9.17) is 8.85 Å². The van der Waals surface area contributed by atoms with Crippen LogP contribution in [0.15, 0.2) is 158 Å². The van der Waals surface area contributed by atoms with Gasteiger partial charge in [-0.2, -0.15) is 0 Å². The van der Waals surface area contributed by atoms with Gasteiger partial charge in [0.1, 0.15) is 0 Å². The highest BCUT2D eigenvalue weighted by Crippen LogP contribution is 2.40. The summed E-state index contributed by atoms with van der Waals surface area (Å²) in [6.45, 7) is 5.27. The largest absolute Gasteiger partial charge is 0.408 e. The Morgan fingerprint density at radius 1 is 0.340 bits per heavy atom. The van der Waals surface area contributed by atoms with Crippen LogP contribution >= 0.6 is 0 Å². The molecule has 0 bridgehead atoms. The zero-order valence-corrected chi connectivity index (χ0v) is 27.7. The van der Waals surface area contributed by atoms with Gasteiger partial charge in [-0.05, 0) is 79.9 Å². The molecule has 0 spiro atoms. The van der Waals surface area contributed by atoms with Crippen molar-refractivity contribution in [1.29, 1.82) is 0 Å². The Morgan fingerprint density at radius 2 is 0.681 bits per heavy atom. The van der Waals surface area contributed by atoms with E-state index in [1.165, 1.54) is 66.1 Å². The predicted molar refractivity (Wildman–Crippen MR) is 200 cm³/mol. The van der Waals surface area contributed by atoms with Crippen LogP contribution in [0, 0.1) is 0 Å². The molecule has 3 heteroatoms. The van der Waals surface area contributed by atoms with Crippen molar-refractivity contribution in [3.63, 3.8) is 0 Å². The van der Waals surface area contributed by atoms with Crippen LogP contribution < -0.4 is 10.4 Å². The van der Waals surface area contributed by atoms with Gasteiger partial charge >= 0.3 is 8.56 Å². The second-order valence-corrected chi connectivity index (χ2v) is 14.8. The van der Waals surface area contributed by atoms with Crippen molar-refractivity contribution >= 4 is 40.5 Å². The van der Waals surface area contributed by atoms with Crippen LogP contribution in [0.25, 0.3) is 66.1 Å². The summed E-state index contributed by atoms with van der Waals surface area (Å²) in [5.41, 5.74) is 9.64. The lowest BCUT2D eigenvalue weighted by Gasteiger charge is -2.31. The summed E-state index contributed by atoms with van der Waals surface area (Å²) in [6, 6.07) is 57.1. The van der Waals surface area contributed by atoms with Gasteiger partial charge in [0, 0.05) is 23.6 Å². The van der Waals surface area contributed by atoms with Gasteiger partial charge in [-0.1, -0.05) is 158 Å². The van der Waals surface area contributed by atoms with Crippen LogP contribution in [0.2, 0.25) is 0 Å². The topological polar surface area (TPSA) is 18.5 Å². The first-order chi connectivity index (χ1) is 23.2. The highest BCUT2D eigenvalue weighted by molar-refractivity contribution is 6.94. The summed E-state index contributed by atoms with van der Waals surface area (Å²) in [7, 11) is -3.20. The summed E-state index contributed by atoms with van der Waals surface area (Å²) in [4.78, 5) is 0. The molecule has 0 atom stereocenters. The lowest BCUT2D eigenvalue weighted by Crippen LogP contribution is -2.63. The molecular formula is C44H36O2Si. The minimum atomic E-state index is -3.20. The van der Waals surface area contributed by atoms with Crippen molar-refractivity contribution < 1.29 is 8.85 Å². The molecule has 0 fully saturated rings. The number of benzene rings is 4. The fourth-order valence-corrected chi connectivity index (χ4v) is 11.0. The van der Waals surface area contributed by atoms with Gasteiger partial charge in [0.15, 0.2) is 0 Å². The van der Waals surface area contributed by atoms with E-state index < -0.39 is 8.56 Å². The lowest BCUT2D eigenvalue weighted by molar-refractivity contribution is 0.209. The molecule has 4 aliphatic rings. The number of hydrogen-bond acceptors (Lipinski definition) is 2. The number of rotatable bonds is 8. The molecule has 0 aliphatic heterocycles. The van der Waals surface area contributed by atoms with Gasteiger partial charge < -0.3 is 8.85 Å². The molecular weight excluding hydrogens is 589 g/mol. The molecule has 4 aromatic rings. The Morgan fingerprint density at radius 3 is 1.13 bits per heavy atom. The fraction of sp³-hybridized carbons (Fsp3) is 0.0909. The molecule has 4 aliphatic carbocycles. The quantitative estimate of drug-likeness (QED) is 0.157. The van der Waals surface area contributed by atoms with Crippen molar-refractivity contribution in [2.75, 3.05) is 13.2 Å². The van der Waals surface area contributed by atoms with Crippen LogP contribution in [0.4, 0.5) is 0 Å². The van der Waals surface area contributed by atoms with Crippen LogP contribution in [0.5, 0.6) is 0 Å². The molecule has 4 aromatic carbocycles. The first-order valence-corrected chi connectivity index (χ1v) is 18.3. The molecule has 0 N–H and O–H groups in total. The zero-order chi connectivity index (χ0) is 31.8. The first kappa shape index (κ1) is 29.3. The highest BCUT2D eigenvalue weighted by atomic mass is 28.4. The Kier molecular flexibility index (Phi) is 7.66. The maximum absolute atomic E-state index is 6.98. The van der Waals surface area contributed by atoms with Crippen molar-refractivity contribution in [2.45, 2.75) is 13.8 Å². The Hall–Kier alpha value is -5.06. The maximum Gasteiger partial charge on any atom is 0.408 e. The van der Waals surface area contributed by atoms with Crippen LogP contribution in [0.3, 0.4) is 0 Å². The third-order valence-corrected chi connectivity index (χ3v) is 13.1. The van der Waals surface area contributed by atoms with E-state index in [0.29, 0.717) is 13.2 Å². The average molecular weight is 625 g/mol. The number of fused-ring (bicyclic) bond motifs is 4. The molecule has 8 rings (SSSR count). The molecule has 0 heterocycles.